The van der Waals surface area contributed by atoms with Crippen LogP contribution in [0, 0.1) is 0 Å². The Morgan fingerprint density at radius 1 is 0.548 bits per heavy atom. The molecule has 0 radical (unpaired) electrons. The highest BCUT2D eigenvalue weighted by atomic mass is 16.5. The Bertz CT molecular complexity index is 1480. The van der Waals surface area contributed by atoms with Gasteiger partial charge in [0.05, 0.1) is 0 Å². The van der Waals surface area contributed by atoms with E-state index in [0.717, 1.165) is 28.2 Å². The molecule has 0 unspecified atom stereocenters. The second kappa shape index (κ2) is 7.30. The first-order valence-corrected chi connectivity index (χ1v) is 10.5. The molecule has 6 rings (SSSR count). The van der Waals surface area contributed by atoms with Crippen LogP contribution in [0.3, 0.4) is 0 Å². The molecule has 1 aliphatic heterocycles. The van der Waals surface area contributed by atoms with E-state index in [4.69, 9.17) is 4.74 Å². The van der Waals surface area contributed by atoms with Gasteiger partial charge in [-0.25, -0.2) is 0 Å². The summed E-state index contributed by atoms with van der Waals surface area (Å²) in [7, 11) is 0. The van der Waals surface area contributed by atoms with Crippen LogP contribution in [0.15, 0.2) is 115 Å². The molecular formula is C30H20O. The van der Waals surface area contributed by atoms with Crippen molar-refractivity contribution in [1.29, 1.82) is 0 Å². The van der Waals surface area contributed by atoms with Gasteiger partial charge in [-0.3, -0.25) is 0 Å². The van der Waals surface area contributed by atoms with Crippen molar-refractivity contribution in [3.8, 4) is 5.75 Å². The summed E-state index contributed by atoms with van der Waals surface area (Å²) >= 11 is 0. The van der Waals surface area contributed by atoms with E-state index >= 15 is 0 Å². The summed E-state index contributed by atoms with van der Waals surface area (Å²) in [6.07, 6.45) is 4.43. The smallest absolute Gasteiger partial charge is 0.135 e. The van der Waals surface area contributed by atoms with E-state index < -0.39 is 0 Å². The normalized spacial score (nSPS) is 14.3. The molecule has 0 N–H and O–H groups in total. The van der Waals surface area contributed by atoms with Gasteiger partial charge in [-0.1, -0.05) is 103 Å². The van der Waals surface area contributed by atoms with E-state index in [2.05, 4.69) is 115 Å². The molecule has 0 amide bonds. The van der Waals surface area contributed by atoms with E-state index in [-0.39, 0.29) is 0 Å². The second-order valence-electron chi connectivity index (χ2n) is 7.81. The van der Waals surface area contributed by atoms with Gasteiger partial charge < -0.3 is 4.74 Å². The van der Waals surface area contributed by atoms with Gasteiger partial charge in [-0.2, -0.15) is 0 Å². The average Bonchev–Trinajstić information content (AvgIpc) is 2.84. The molecule has 0 spiro atoms. The van der Waals surface area contributed by atoms with E-state index in [9.17, 15) is 0 Å². The van der Waals surface area contributed by atoms with E-state index in [0.29, 0.717) is 0 Å². The van der Waals surface area contributed by atoms with Gasteiger partial charge in [0.1, 0.15) is 11.5 Å². The fraction of sp³-hybridized carbons (Fsp3) is 0. The van der Waals surface area contributed by atoms with Crippen molar-refractivity contribution in [3.63, 3.8) is 0 Å². The minimum absolute atomic E-state index is 0.877. The maximum atomic E-state index is 6.52. The molecule has 1 nitrogen and oxygen atoms in total. The van der Waals surface area contributed by atoms with Crippen LogP contribution in [0.2, 0.25) is 0 Å². The maximum Gasteiger partial charge on any atom is 0.135 e. The number of hydrogen-bond donors (Lipinski definition) is 0. The summed E-state index contributed by atoms with van der Waals surface area (Å²) in [6, 6.07) is 38.0. The van der Waals surface area contributed by atoms with Gasteiger partial charge in [0.2, 0.25) is 0 Å². The van der Waals surface area contributed by atoms with Crippen molar-refractivity contribution in [2.75, 3.05) is 0 Å². The van der Waals surface area contributed by atoms with Crippen molar-refractivity contribution in [2.45, 2.75) is 0 Å². The summed E-state index contributed by atoms with van der Waals surface area (Å²) in [6.45, 7) is 0. The molecular weight excluding hydrogens is 376 g/mol. The highest BCUT2D eigenvalue weighted by Gasteiger charge is 2.21. The lowest BCUT2D eigenvalue weighted by atomic mass is 9.92. The molecule has 0 aromatic heterocycles. The summed E-state index contributed by atoms with van der Waals surface area (Å²) < 4.78 is 6.52. The highest BCUT2D eigenvalue weighted by Crippen LogP contribution is 2.43. The van der Waals surface area contributed by atoms with E-state index in [1.807, 2.05) is 6.07 Å². The van der Waals surface area contributed by atoms with Gasteiger partial charge in [0, 0.05) is 11.1 Å². The Kier molecular flexibility index (Phi) is 4.18. The van der Waals surface area contributed by atoms with Crippen LogP contribution in [0.25, 0.3) is 39.0 Å². The summed E-state index contributed by atoms with van der Waals surface area (Å²) in [5, 5.41) is 4.82. The molecule has 31 heavy (non-hydrogen) atoms. The third-order valence-corrected chi connectivity index (χ3v) is 5.86. The second-order valence-corrected chi connectivity index (χ2v) is 7.81. The lowest BCUT2D eigenvalue weighted by molar-refractivity contribution is 0.511. The van der Waals surface area contributed by atoms with Crippen molar-refractivity contribution in [3.05, 3.63) is 132 Å². The Hall–Kier alpha value is -4.10. The number of rotatable bonds is 2. The molecule has 0 atom stereocenters. The monoisotopic (exact) mass is 396 g/mol. The quantitative estimate of drug-likeness (QED) is 0.294. The van der Waals surface area contributed by atoms with Crippen LogP contribution < -0.4 is 4.74 Å². The molecule has 0 saturated heterocycles. The fourth-order valence-corrected chi connectivity index (χ4v) is 4.41. The van der Waals surface area contributed by atoms with Gasteiger partial charge in [-0.05, 0) is 50.9 Å². The summed E-state index contributed by atoms with van der Waals surface area (Å²) in [5.74, 6) is 1.77. The molecule has 5 aromatic rings. The number of ether oxygens (including phenoxy) is 1. The first-order valence-electron chi connectivity index (χ1n) is 10.5. The zero-order valence-corrected chi connectivity index (χ0v) is 17.0. The van der Waals surface area contributed by atoms with Crippen LogP contribution in [0.5, 0.6) is 5.75 Å². The van der Waals surface area contributed by atoms with Crippen LogP contribution in [-0.4, -0.2) is 0 Å². The zero-order chi connectivity index (χ0) is 20.6. The molecule has 0 fully saturated rings. The zero-order valence-electron chi connectivity index (χ0n) is 17.0. The summed E-state index contributed by atoms with van der Waals surface area (Å²) in [4.78, 5) is 0. The Labute approximate surface area is 181 Å². The minimum Gasteiger partial charge on any atom is -0.456 e. The van der Waals surface area contributed by atoms with Gasteiger partial charge >= 0.3 is 0 Å². The van der Waals surface area contributed by atoms with Crippen molar-refractivity contribution >= 4 is 39.0 Å². The number of hydrogen-bond acceptors (Lipinski definition) is 1. The molecule has 0 aliphatic carbocycles. The standard InChI is InChI=1S/C30H20O/c1-2-9-21(10-3-1)19-24-20-29(27-16-8-13-22-11-4-6-14-25(22)27)31-28-18-17-23-12-5-7-15-26(23)30(24)28/h1-20H/b24-19+. The molecule has 0 saturated carbocycles. The molecule has 1 heterocycles. The maximum absolute atomic E-state index is 6.52. The fourth-order valence-electron chi connectivity index (χ4n) is 4.41. The Morgan fingerprint density at radius 2 is 1.23 bits per heavy atom. The first kappa shape index (κ1) is 17.7. The lowest BCUT2D eigenvalue weighted by Gasteiger charge is -2.23. The largest absolute Gasteiger partial charge is 0.456 e. The van der Waals surface area contributed by atoms with Gasteiger partial charge in [-0.15, -0.1) is 0 Å². The summed E-state index contributed by atoms with van der Waals surface area (Å²) in [5.41, 5.74) is 4.58. The van der Waals surface area contributed by atoms with Crippen LogP contribution >= 0.6 is 0 Å². The Balaban J connectivity index is 1.62. The predicted octanol–water partition coefficient (Wildman–Crippen LogP) is 7.97. The van der Waals surface area contributed by atoms with E-state index in [1.54, 1.807) is 0 Å². The van der Waals surface area contributed by atoms with Crippen LogP contribution in [-0.2, 0) is 0 Å². The molecule has 0 bridgehead atoms. The topological polar surface area (TPSA) is 9.23 Å². The highest BCUT2D eigenvalue weighted by molar-refractivity contribution is 6.07. The van der Waals surface area contributed by atoms with Crippen LogP contribution in [0.4, 0.5) is 0 Å². The molecule has 5 aromatic carbocycles. The lowest BCUT2D eigenvalue weighted by Crippen LogP contribution is -2.05. The first-order chi connectivity index (χ1) is 15.4. The number of fused-ring (bicyclic) bond motifs is 4. The van der Waals surface area contributed by atoms with Crippen molar-refractivity contribution in [1.82, 2.24) is 0 Å². The molecule has 1 aliphatic rings. The van der Waals surface area contributed by atoms with Gasteiger partial charge in [0.15, 0.2) is 0 Å². The Morgan fingerprint density at radius 3 is 2.06 bits per heavy atom. The number of benzene rings is 5. The molecule has 146 valence electrons. The third kappa shape index (κ3) is 3.12. The van der Waals surface area contributed by atoms with E-state index in [1.165, 1.54) is 27.1 Å². The minimum atomic E-state index is 0.877. The average molecular weight is 396 g/mol. The third-order valence-electron chi connectivity index (χ3n) is 5.86. The SMILES string of the molecule is C1=C(c2cccc3ccccc23)Oc2ccc3ccccc3c2/C1=C/c1ccccc1. The van der Waals surface area contributed by atoms with Crippen LogP contribution in [0.1, 0.15) is 16.7 Å². The number of allylic oxidation sites excluding steroid dienone is 2. The van der Waals surface area contributed by atoms with Gasteiger partial charge in [0.25, 0.3) is 0 Å². The van der Waals surface area contributed by atoms with Crippen molar-refractivity contribution < 1.29 is 4.74 Å². The predicted molar refractivity (Wildman–Crippen MR) is 131 cm³/mol. The van der Waals surface area contributed by atoms with Crippen molar-refractivity contribution in [2.24, 2.45) is 0 Å². The molecule has 1 heteroatoms.